The second kappa shape index (κ2) is 6.95. The summed E-state index contributed by atoms with van der Waals surface area (Å²) in [5.41, 5.74) is -0.448. The molecule has 28 heavy (non-hydrogen) atoms. The molecule has 0 radical (unpaired) electrons. The Morgan fingerprint density at radius 3 is 2.14 bits per heavy atom. The number of piperidine rings is 1. The van der Waals surface area contributed by atoms with Gasteiger partial charge in [-0.1, -0.05) is 12.1 Å². The number of hydrogen-bond acceptors (Lipinski definition) is 3. The van der Waals surface area contributed by atoms with Crippen molar-refractivity contribution in [2.24, 2.45) is 0 Å². The molecule has 3 rings (SSSR count). The van der Waals surface area contributed by atoms with E-state index in [9.17, 15) is 18.0 Å². The van der Waals surface area contributed by atoms with Gasteiger partial charge in [-0.25, -0.2) is 0 Å². The fourth-order valence-electron chi connectivity index (χ4n) is 4.12. The Bertz CT molecular complexity index is 835. The number of carbonyl (C=O) groups excluding carboxylic acids is 1. The van der Waals surface area contributed by atoms with E-state index in [2.05, 4.69) is 38.3 Å². The van der Waals surface area contributed by atoms with Crippen molar-refractivity contribution in [3.05, 3.63) is 47.7 Å². The van der Waals surface area contributed by atoms with Crippen LogP contribution in [-0.2, 0) is 6.18 Å². The van der Waals surface area contributed by atoms with Crippen molar-refractivity contribution in [2.75, 3.05) is 0 Å². The van der Waals surface area contributed by atoms with Crippen LogP contribution in [0.3, 0.4) is 0 Å². The number of halogens is 3. The molecule has 0 aliphatic carbocycles. The fraction of sp³-hybridized carbons (Fsp3) is 0.476. The number of carbonyl (C=O) groups is 1. The van der Waals surface area contributed by atoms with Crippen LogP contribution in [-0.4, -0.2) is 23.0 Å². The first-order chi connectivity index (χ1) is 12.8. The summed E-state index contributed by atoms with van der Waals surface area (Å²) in [6, 6.07) is 7.79. The molecule has 1 aromatic heterocycles. The van der Waals surface area contributed by atoms with Crippen molar-refractivity contribution in [2.45, 2.75) is 63.8 Å². The summed E-state index contributed by atoms with van der Waals surface area (Å²) in [4.78, 5) is 12.6. The number of furan rings is 1. The Balaban J connectivity index is 1.70. The number of benzene rings is 1. The van der Waals surface area contributed by atoms with Gasteiger partial charge >= 0.3 is 6.18 Å². The molecular formula is C21H25F3N2O2. The Morgan fingerprint density at radius 2 is 1.61 bits per heavy atom. The lowest BCUT2D eigenvalue weighted by Crippen LogP contribution is -2.62. The lowest BCUT2D eigenvalue weighted by molar-refractivity contribution is -0.137. The van der Waals surface area contributed by atoms with E-state index in [1.54, 1.807) is 12.1 Å². The van der Waals surface area contributed by atoms with Gasteiger partial charge in [0.05, 0.1) is 5.56 Å². The van der Waals surface area contributed by atoms with Crippen LogP contribution in [0.5, 0.6) is 0 Å². The number of rotatable bonds is 3. The maximum atomic E-state index is 12.7. The van der Waals surface area contributed by atoms with Crippen LogP contribution in [0.15, 0.2) is 40.8 Å². The van der Waals surface area contributed by atoms with Crippen molar-refractivity contribution in [1.29, 1.82) is 0 Å². The predicted molar refractivity (Wildman–Crippen MR) is 101 cm³/mol. The highest BCUT2D eigenvalue weighted by Gasteiger charge is 2.38. The smallest absolute Gasteiger partial charge is 0.416 e. The molecule has 0 bridgehead atoms. The van der Waals surface area contributed by atoms with Gasteiger partial charge < -0.3 is 15.1 Å². The lowest BCUT2D eigenvalue weighted by Gasteiger charge is -2.46. The van der Waals surface area contributed by atoms with Gasteiger partial charge in [0.15, 0.2) is 5.76 Å². The van der Waals surface area contributed by atoms with E-state index in [4.69, 9.17) is 4.42 Å². The van der Waals surface area contributed by atoms with Gasteiger partial charge in [-0.2, -0.15) is 13.2 Å². The van der Waals surface area contributed by atoms with Crippen molar-refractivity contribution in [3.63, 3.8) is 0 Å². The third-order valence-electron chi connectivity index (χ3n) is 4.85. The minimum Gasteiger partial charge on any atom is -0.451 e. The van der Waals surface area contributed by atoms with Crippen LogP contribution in [0.2, 0.25) is 0 Å². The second-order valence-corrected chi connectivity index (χ2v) is 8.71. The molecule has 2 N–H and O–H groups in total. The molecule has 1 amide bonds. The third kappa shape index (κ3) is 4.76. The minimum absolute atomic E-state index is 0.00151. The van der Waals surface area contributed by atoms with Gasteiger partial charge in [-0.05, 0) is 64.8 Å². The number of nitrogens with one attached hydrogen (secondary N) is 2. The van der Waals surface area contributed by atoms with E-state index in [1.807, 2.05) is 0 Å². The molecule has 4 nitrogen and oxygen atoms in total. The Labute approximate surface area is 162 Å². The van der Waals surface area contributed by atoms with Gasteiger partial charge in [0.2, 0.25) is 0 Å². The van der Waals surface area contributed by atoms with Gasteiger partial charge in [-0.15, -0.1) is 0 Å². The molecule has 1 aromatic carbocycles. The summed E-state index contributed by atoms with van der Waals surface area (Å²) >= 11 is 0. The normalized spacial score (nSPS) is 19.4. The topological polar surface area (TPSA) is 54.3 Å². The highest BCUT2D eigenvalue weighted by Crippen LogP contribution is 2.32. The average Bonchev–Trinajstić information content (AvgIpc) is 3.01. The zero-order valence-corrected chi connectivity index (χ0v) is 16.4. The second-order valence-electron chi connectivity index (χ2n) is 8.71. The monoisotopic (exact) mass is 394 g/mol. The quantitative estimate of drug-likeness (QED) is 0.770. The van der Waals surface area contributed by atoms with Crippen LogP contribution in [0, 0.1) is 0 Å². The van der Waals surface area contributed by atoms with E-state index in [-0.39, 0.29) is 28.8 Å². The van der Waals surface area contributed by atoms with E-state index in [0.717, 1.165) is 25.0 Å². The molecule has 0 saturated carbocycles. The Morgan fingerprint density at radius 1 is 1.04 bits per heavy atom. The fourth-order valence-corrected chi connectivity index (χ4v) is 4.12. The first-order valence-electron chi connectivity index (χ1n) is 9.22. The van der Waals surface area contributed by atoms with E-state index in [0.29, 0.717) is 11.3 Å². The Kier molecular flexibility index (Phi) is 5.08. The van der Waals surface area contributed by atoms with Crippen LogP contribution in [0.4, 0.5) is 13.2 Å². The molecule has 152 valence electrons. The standard InChI is InChI=1S/C21H25F3N2O2/c1-19(2)11-15(12-20(3,4)26-19)25-18(27)17-10-9-16(28-17)13-5-7-14(8-6-13)21(22,23)24/h5-10,15,26H,11-12H2,1-4H3,(H,25,27). The maximum absolute atomic E-state index is 12.7. The van der Waals surface area contributed by atoms with E-state index >= 15 is 0 Å². The SMILES string of the molecule is CC1(C)CC(NC(=O)c2ccc(-c3ccc(C(F)(F)F)cc3)o2)CC(C)(C)N1. The minimum atomic E-state index is -4.39. The summed E-state index contributed by atoms with van der Waals surface area (Å²) in [5.74, 6) is 0.172. The molecule has 2 heterocycles. The zero-order valence-electron chi connectivity index (χ0n) is 16.4. The molecule has 7 heteroatoms. The van der Waals surface area contributed by atoms with Gasteiger partial charge in [-0.3, -0.25) is 4.79 Å². The summed E-state index contributed by atoms with van der Waals surface area (Å²) in [6.45, 7) is 8.40. The maximum Gasteiger partial charge on any atom is 0.416 e. The molecule has 1 aliphatic rings. The van der Waals surface area contributed by atoms with E-state index in [1.165, 1.54) is 12.1 Å². The Hall–Kier alpha value is -2.28. The number of alkyl halides is 3. The summed E-state index contributed by atoms with van der Waals surface area (Å²) < 4.78 is 43.6. The molecular weight excluding hydrogens is 369 g/mol. The van der Waals surface area contributed by atoms with Gasteiger partial charge in [0, 0.05) is 22.7 Å². The lowest BCUT2D eigenvalue weighted by atomic mass is 9.79. The van der Waals surface area contributed by atoms with Gasteiger partial charge in [0.1, 0.15) is 5.76 Å². The van der Waals surface area contributed by atoms with E-state index < -0.39 is 11.7 Å². The molecule has 1 fully saturated rings. The summed E-state index contributed by atoms with van der Waals surface area (Å²) in [7, 11) is 0. The first-order valence-corrected chi connectivity index (χ1v) is 9.22. The molecule has 0 spiro atoms. The van der Waals surface area contributed by atoms with Crippen molar-refractivity contribution >= 4 is 5.91 Å². The molecule has 0 unspecified atom stereocenters. The number of hydrogen-bond donors (Lipinski definition) is 2. The highest BCUT2D eigenvalue weighted by molar-refractivity contribution is 5.92. The summed E-state index contributed by atoms with van der Waals surface area (Å²) in [6.07, 6.45) is -2.81. The summed E-state index contributed by atoms with van der Waals surface area (Å²) in [5, 5.41) is 6.58. The molecule has 1 saturated heterocycles. The molecule has 0 atom stereocenters. The number of amides is 1. The van der Waals surface area contributed by atoms with Crippen LogP contribution < -0.4 is 10.6 Å². The van der Waals surface area contributed by atoms with Crippen molar-refractivity contribution in [3.8, 4) is 11.3 Å². The van der Waals surface area contributed by atoms with Crippen LogP contribution in [0.1, 0.15) is 56.7 Å². The zero-order chi connectivity index (χ0) is 20.7. The largest absolute Gasteiger partial charge is 0.451 e. The van der Waals surface area contributed by atoms with Crippen molar-refractivity contribution in [1.82, 2.24) is 10.6 Å². The van der Waals surface area contributed by atoms with Crippen LogP contribution >= 0.6 is 0 Å². The third-order valence-corrected chi connectivity index (χ3v) is 4.85. The highest BCUT2D eigenvalue weighted by atomic mass is 19.4. The predicted octanol–water partition coefficient (Wildman–Crippen LogP) is 5.00. The molecule has 2 aromatic rings. The van der Waals surface area contributed by atoms with Gasteiger partial charge in [0.25, 0.3) is 5.91 Å². The van der Waals surface area contributed by atoms with Crippen LogP contribution in [0.25, 0.3) is 11.3 Å². The van der Waals surface area contributed by atoms with Crippen molar-refractivity contribution < 1.29 is 22.4 Å². The first kappa shape index (κ1) is 20.5. The molecule has 1 aliphatic heterocycles. The average molecular weight is 394 g/mol.